The van der Waals surface area contributed by atoms with Crippen molar-refractivity contribution in [1.82, 2.24) is 19.8 Å². The summed E-state index contributed by atoms with van der Waals surface area (Å²) in [6, 6.07) is 13.1. The third-order valence-corrected chi connectivity index (χ3v) is 7.32. The van der Waals surface area contributed by atoms with E-state index >= 15 is 4.39 Å². The van der Waals surface area contributed by atoms with Crippen LogP contribution in [0, 0.1) is 17.1 Å². The Balaban J connectivity index is 1.36. The van der Waals surface area contributed by atoms with Crippen molar-refractivity contribution in [3.05, 3.63) is 60.2 Å². The minimum atomic E-state index is -0.542. The van der Waals surface area contributed by atoms with Crippen molar-refractivity contribution in [2.45, 2.75) is 38.0 Å². The van der Waals surface area contributed by atoms with Crippen LogP contribution < -0.4 is 9.64 Å². The molecule has 0 saturated carbocycles. The van der Waals surface area contributed by atoms with Gasteiger partial charge in [0.2, 0.25) is 5.82 Å². The number of fused-ring (bicyclic) bond motifs is 1. The molecule has 5 rings (SSSR count). The van der Waals surface area contributed by atoms with E-state index in [-0.39, 0.29) is 38.0 Å². The maximum absolute atomic E-state index is 16.0. The summed E-state index contributed by atoms with van der Waals surface area (Å²) in [5.41, 5.74) is 1.76. The first-order valence-electron chi connectivity index (χ1n) is 12.9. The number of likely N-dealkylation sites (N-methyl/N-ethyl adjacent to an activating group) is 1. The van der Waals surface area contributed by atoms with Gasteiger partial charge < -0.3 is 24.2 Å². The van der Waals surface area contributed by atoms with Crippen LogP contribution >= 0.6 is 0 Å². The fourth-order valence-corrected chi connectivity index (χ4v) is 5.20. The molecule has 198 valence electrons. The molecule has 0 radical (unpaired) electrons. The fourth-order valence-electron chi connectivity index (χ4n) is 5.20. The molecule has 1 aromatic carbocycles. The molecule has 0 bridgehead atoms. The normalized spacial score (nSPS) is 19.9. The number of nitriles is 1. The molecule has 0 N–H and O–H groups in total. The smallest absolute Gasteiger partial charge is 0.410 e. The Morgan fingerprint density at radius 2 is 2.03 bits per heavy atom. The van der Waals surface area contributed by atoms with Crippen LogP contribution in [0.2, 0.25) is 0 Å². The van der Waals surface area contributed by atoms with Gasteiger partial charge >= 0.3 is 6.09 Å². The van der Waals surface area contributed by atoms with Crippen molar-refractivity contribution < 1.29 is 18.7 Å². The number of ether oxygens (including phenoxy) is 2. The van der Waals surface area contributed by atoms with Crippen LogP contribution in [0.3, 0.4) is 0 Å². The van der Waals surface area contributed by atoms with Crippen LogP contribution in [0.15, 0.2) is 48.8 Å². The van der Waals surface area contributed by atoms with Crippen molar-refractivity contribution in [2.24, 2.45) is 0 Å². The van der Waals surface area contributed by atoms with Gasteiger partial charge in [0.25, 0.3) is 5.88 Å². The zero-order valence-electron chi connectivity index (χ0n) is 21.4. The number of pyridine rings is 2. The molecule has 38 heavy (non-hydrogen) atoms. The molecule has 10 heteroatoms. The predicted molar refractivity (Wildman–Crippen MR) is 140 cm³/mol. The van der Waals surface area contributed by atoms with E-state index < -0.39 is 18.0 Å². The molecule has 2 aliphatic rings. The molecule has 4 heterocycles. The van der Waals surface area contributed by atoms with Gasteiger partial charge in [0.05, 0.1) is 35.9 Å². The summed E-state index contributed by atoms with van der Waals surface area (Å²) in [4.78, 5) is 27.2. The predicted octanol–water partition coefficient (Wildman–Crippen LogP) is 3.98. The Kier molecular flexibility index (Phi) is 7.84. The number of carbonyl (C=O) groups excluding carboxylic acids is 1. The maximum Gasteiger partial charge on any atom is 0.410 e. The monoisotopic (exact) mass is 518 g/mol. The van der Waals surface area contributed by atoms with E-state index in [1.807, 2.05) is 42.3 Å². The summed E-state index contributed by atoms with van der Waals surface area (Å²) in [5, 5.41) is 10.1. The largest absolute Gasteiger partial charge is 0.474 e. The molecule has 2 unspecified atom stereocenters. The number of anilines is 1. The van der Waals surface area contributed by atoms with Gasteiger partial charge in [-0.1, -0.05) is 30.3 Å². The van der Waals surface area contributed by atoms with Crippen molar-refractivity contribution >= 4 is 22.7 Å². The van der Waals surface area contributed by atoms with E-state index in [1.165, 1.54) is 0 Å². The van der Waals surface area contributed by atoms with Crippen molar-refractivity contribution in [3.8, 4) is 11.9 Å². The second-order valence-electron chi connectivity index (χ2n) is 9.76. The lowest BCUT2D eigenvalue weighted by atomic mass is 10.1. The maximum atomic E-state index is 16.0. The van der Waals surface area contributed by atoms with Crippen molar-refractivity contribution in [3.63, 3.8) is 0 Å². The Hall–Kier alpha value is -3.97. The lowest BCUT2D eigenvalue weighted by Gasteiger charge is -2.41. The lowest BCUT2D eigenvalue weighted by molar-refractivity contribution is 0.0768. The number of piperazine rings is 1. The van der Waals surface area contributed by atoms with Gasteiger partial charge in [-0.2, -0.15) is 9.65 Å². The number of rotatable bonds is 7. The van der Waals surface area contributed by atoms with Crippen molar-refractivity contribution in [2.75, 3.05) is 44.7 Å². The number of hydrogen-bond donors (Lipinski definition) is 0. The molecule has 0 aliphatic carbocycles. The number of aromatic nitrogens is 2. The van der Waals surface area contributed by atoms with E-state index in [9.17, 15) is 10.1 Å². The third kappa shape index (κ3) is 5.48. The Labute approximate surface area is 221 Å². The third-order valence-electron chi connectivity index (χ3n) is 7.32. The molecular formula is C28H31FN6O3. The SMILES string of the molecule is CN1CCCC1COc1nc2cnccc2c(N2CCN(C(=O)OCc3ccccc3)C(CC#N)C2)c1F. The number of likely N-dealkylation sites (tertiary alicyclic amines) is 1. The van der Waals surface area contributed by atoms with Crippen LogP contribution in [0.4, 0.5) is 14.9 Å². The van der Waals surface area contributed by atoms with Crippen molar-refractivity contribution in [1.29, 1.82) is 5.26 Å². The first-order valence-corrected chi connectivity index (χ1v) is 12.9. The highest BCUT2D eigenvalue weighted by atomic mass is 19.1. The van der Waals surface area contributed by atoms with Gasteiger partial charge in [-0.05, 0) is 38.1 Å². The van der Waals surface area contributed by atoms with Gasteiger partial charge in [0, 0.05) is 37.3 Å². The average Bonchev–Trinajstić information content (AvgIpc) is 3.35. The Bertz CT molecular complexity index is 1320. The highest BCUT2D eigenvalue weighted by Gasteiger charge is 2.34. The number of nitrogens with zero attached hydrogens (tertiary/aromatic N) is 6. The van der Waals surface area contributed by atoms with E-state index in [2.05, 4.69) is 20.9 Å². The van der Waals surface area contributed by atoms with Gasteiger partial charge in [-0.25, -0.2) is 9.78 Å². The molecule has 2 saturated heterocycles. The average molecular weight is 519 g/mol. The van der Waals surface area contributed by atoms with E-state index in [0.29, 0.717) is 29.7 Å². The van der Waals surface area contributed by atoms with E-state index in [0.717, 1.165) is 24.9 Å². The summed E-state index contributed by atoms with van der Waals surface area (Å²) < 4.78 is 27.5. The van der Waals surface area contributed by atoms with Crippen LogP contribution in [0.25, 0.3) is 10.9 Å². The number of carbonyl (C=O) groups is 1. The number of benzene rings is 1. The minimum absolute atomic E-state index is 0.0534. The summed E-state index contributed by atoms with van der Waals surface area (Å²) in [7, 11) is 2.04. The second kappa shape index (κ2) is 11.6. The molecule has 9 nitrogen and oxygen atoms in total. The molecule has 2 aliphatic heterocycles. The fraction of sp³-hybridized carbons (Fsp3) is 0.429. The number of amides is 1. The zero-order valence-corrected chi connectivity index (χ0v) is 21.4. The van der Waals surface area contributed by atoms with Gasteiger partial charge in [0.1, 0.15) is 13.2 Å². The lowest BCUT2D eigenvalue weighted by Crippen LogP contribution is -2.55. The van der Waals surface area contributed by atoms with Crippen LogP contribution in [0.1, 0.15) is 24.8 Å². The highest BCUT2D eigenvalue weighted by Crippen LogP contribution is 2.35. The Morgan fingerprint density at radius 3 is 2.79 bits per heavy atom. The molecule has 3 aromatic rings. The first-order chi connectivity index (χ1) is 18.5. The topological polar surface area (TPSA) is 94.8 Å². The zero-order chi connectivity index (χ0) is 26.5. The molecule has 2 aromatic heterocycles. The van der Waals surface area contributed by atoms with Crippen LogP contribution in [-0.4, -0.2) is 77.8 Å². The van der Waals surface area contributed by atoms with E-state index in [4.69, 9.17) is 9.47 Å². The summed E-state index contributed by atoms with van der Waals surface area (Å²) >= 11 is 0. The molecule has 0 spiro atoms. The highest BCUT2D eigenvalue weighted by molar-refractivity contribution is 5.92. The number of halogens is 1. The second-order valence-corrected chi connectivity index (χ2v) is 9.76. The quantitative estimate of drug-likeness (QED) is 0.464. The van der Waals surface area contributed by atoms with Gasteiger partial charge in [-0.15, -0.1) is 0 Å². The molecule has 1 amide bonds. The van der Waals surface area contributed by atoms with Crippen LogP contribution in [-0.2, 0) is 11.3 Å². The molecule has 2 fully saturated rings. The minimum Gasteiger partial charge on any atom is -0.474 e. The molecular weight excluding hydrogens is 487 g/mol. The van der Waals surface area contributed by atoms with E-state index in [1.54, 1.807) is 23.4 Å². The standard InChI is InChI=1S/C28H31FN6O3/c1-33-13-5-8-22(33)19-37-27-25(29)26(23-10-12-31-16-24(23)32-27)34-14-15-35(21(17-34)9-11-30)28(36)38-18-20-6-3-2-4-7-20/h2-4,6-7,10,12,16,21-22H,5,8-9,13-15,17-19H2,1H3. The van der Waals surface area contributed by atoms with Gasteiger partial charge in [0.15, 0.2) is 0 Å². The van der Waals surface area contributed by atoms with Crippen LogP contribution in [0.5, 0.6) is 5.88 Å². The summed E-state index contributed by atoms with van der Waals surface area (Å²) in [5.74, 6) is -0.595. The Morgan fingerprint density at radius 1 is 1.18 bits per heavy atom. The first kappa shape index (κ1) is 25.7. The number of hydrogen-bond acceptors (Lipinski definition) is 8. The summed E-state index contributed by atoms with van der Waals surface area (Å²) in [6.07, 6.45) is 4.90. The molecule has 2 atom stereocenters. The summed E-state index contributed by atoms with van der Waals surface area (Å²) in [6.45, 7) is 2.42. The van der Waals surface area contributed by atoms with Gasteiger partial charge in [-0.3, -0.25) is 4.98 Å².